The SMILES string of the molecule is COc1ccc2c(=O)c3c([nH]c2c1)CC(c1cncs1)CC3=O. The number of rotatable bonds is 2. The Kier molecular flexibility index (Phi) is 3.27. The van der Waals surface area contributed by atoms with Crippen molar-refractivity contribution >= 4 is 28.0 Å². The molecule has 1 N–H and O–H groups in total. The van der Waals surface area contributed by atoms with Gasteiger partial charge in [-0.25, -0.2) is 0 Å². The average molecular weight is 326 g/mol. The summed E-state index contributed by atoms with van der Waals surface area (Å²) in [6.07, 6.45) is 2.81. The van der Waals surface area contributed by atoms with Crippen LogP contribution in [0.2, 0.25) is 0 Å². The van der Waals surface area contributed by atoms with E-state index in [1.165, 1.54) is 0 Å². The zero-order chi connectivity index (χ0) is 16.0. The average Bonchev–Trinajstić information content (AvgIpc) is 3.08. The number of carbonyl (C=O) groups is 1. The Bertz CT molecular complexity index is 960. The van der Waals surface area contributed by atoms with Gasteiger partial charge in [-0.15, -0.1) is 11.3 Å². The van der Waals surface area contributed by atoms with Crippen LogP contribution in [0.4, 0.5) is 0 Å². The van der Waals surface area contributed by atoms with E-state index >= 15 is 0 Å². The number of carbonyl (C=O) groups excluding carboxylic acids is 1. The quantitative estimate of drug-likeness (QED) is 0.786. The molecule has 2 heterocycles. The molecule has 0 saturated heterocycles. The number of nitrogens with zero attached hydrogens (tertiary/aromatic N) is 1. The molecule has 0 radical (unpaired) electrons. The summed E-state index contributed by atoms with van der Waals surface area (Å²) >= 11 is 1.54. The van der Waals surface area contributed by atoms with Crippen molar-refractivity contribution in [3.8, 4) is 5.75 Å². The third-order valence-electron chi connectivity index (χ3n) is 4.30. The molecular formula is C17H14N2O3S. The third kappa shape index (κ3) is 2.26. The van der Waals surface area contributed by atoms with Crippen LogP contribution in [0.3, 0.4) is 0 Å². The van der Waals surface area contributed by atoms with E-state index in [0.29, 0.717) is 40.8 Å². The normalized spacial score (nSPS) is 17.3. The molecule has 5 nitrogen and oxygen atoms in total. The Morgan fingerprint density at radius 1 is 1.30 bits per heavy atom. The van der Waals surface area contributed by atoms with E-state index in [2.05, 4.69) is 9.97 Å². The number of fused-ring (bicyclic) bond motifs is 2. The second-order valence-corrected chi connectivity index (χ2v) is 6.57. The van der Waals surface area contributed by atoms with Gasteiger partial charge in [0.1, 0.15) is 5.75 Å². The first-order chi connectivity index (χ1) is 11.2. The summed E-state index contributed by atoms with van der Waals surface area (Å²) in [6.45, 7) is 0. The molecule has 2 aromatic heterocycles. The number of ether oxygens (including phenoxy) is 1. The van der Waals surface area contributed by atoms with E-state index in [9.17, 15) is 9.59 Å². The number of aromatic amines is 1. The lowest BCUT2D eigenvalue weighted by atomic mass is 9.84. The van der Waals surface area contributed by atoms with Crippen LogP contribution in [-0.2, 0) is 6.42 Å². The van der Waals surface area contributed by atoms with E-state index < -0.39 is 0 Å². The lowest BCUT2D eigenvalue weighted by Crippen LogP contribution is -2.27. The fourth-order valence-corrected chi connectivity index (χ4v) is 3.89. The number of H-pyrrole nitrogens is 1. The van der Waals surface area contributed by atoms with Crippen LogP contribution in [0.5, 0.6) is 5.75 Å². The van der Waals surface area contributed by atoms with Crippen molar-refractivity contribution in [2.75, 3.05) is 7.11 Å². The maximum Gasteiger partial charge on any atom is 0.200 e. The third-order valence-corrected chi connectivity index (χ3v) is 5.24. The molecule has 1 aliphatic rings. The number of aromatic nitrogens is 2. The van der Waals surface area contributed by atoms with Gasteiger partial charge in [0.05, 0.1) is 23.7 Å². The fourth-order valence-electron chi connectivity index (χ4n) is 3.17. The molecule has 0 aliphatic heterocycles. The van der Waals surface area contributed by atoms with Crippen molar-refractivity contribution in [2.24, 2.45) is 0 Å². The number of methoxy groups -OCH3 is 1. The number of pyridine rings is 1. The van der Waals surface area contributed by atoms with Crippen LogP contribution in [0, 0.1) is 0 Å². The Labute approximate surface area is 136 Å². The number of Topliss-reactive ketones (excluding diaryl/α,β-unsaturated/α-hetero) is 1. The monoisotopic (exact) mass is 326 g/mol. The summed E-state index contributed by atoms with van der Waals surface area (Å²) in [6, 6.07) is 5.23. The molecule has 0 fully saturated rings. The largest absolute Gasteiger partial charge is 0.497 e. The molecule has 1 aromatic carbocycles. The van der Waals surface area contributed by atoms with Crippen LogP contribution >= 0.6 is 11.3 Å². The molecule has 3 aromatic rings. The van der Waals surface area contributed by atoms with Gasteiger partial charge in [-0.05, 0) is 18.6 Å². The molecule has 0 bridgehead atoms. The molecule has 6 heteroatoms. The number of ketones is 1. The van der Waals surface area contributed by atoms with Gasteiger partial charge in [-0.3, -0.25) is 14.6 Å². The van der Waals surface area contributed by atoms with Crippen LogP contribution in [0.15, 0.2) is 34.7 Å². The summed E-state index contributed by atoms with van der Waals surface area (Å²) < 4.78 is 5.21. The topological polar surface area (TPSA) is 72.1 Å². The molecule has 0 amide bonds. The predicted octanol–water partition coefficient (Wildman–Crippen LogP) is 2.91. The van der Waals surface area contributed by atoms with Crippen LogP contribution in [-0.4, -0.2) is 22.9 Å². The Balaban J connectivity index is 1.89. The molecule has 116 valence electrons. The maximum absolute atomic E-state index is 12.7. The van der Waals surface area contributed by atoms with E-state index in [1.54, 1.807) is 48.4 Å². The summed E-state index contributed by atoms with van der Waals surface area (Å²) in [5.74, 6) is 0.666. The minimum atomic E-state index is -0.191. The zero-order valence-electron chi connectivity index (χ0n) is 12.5. The summed E-state index contributed by atoms with van der Waals surface area (Å²) in [7, 11) is 1.58. The molecule has 1 unspecified atom stereocenters. The van der Waals surface area contributed by atoms with Gasteiger partial charge in [0.2, 0.25) is 0 Å². The van der Waals surface area contributed by atoms with Gasteiger partial charge in [-0.1, -0.05) is 0 Å². The highest BCUT2D eigenvalue weighted by Gasteiger charge is 2.30. The Morgan fingerprint density at radius 3 is 2.91 bits per heavy atom. The number of hydrogen-bond donors (Lipinski definition) is 1. The summed E-state index contributed by atoms with van der Waals surface area (Å²) in [4.78, 5) is 33.6. The molecule has 4 rings (SSSR count). The molecular weight excluding hydrogens is 312 g/mol. The van der Waals surface area contributed by atoms with Crippen LogP contribution in [0.25, 0.3) is 10.9 Å². The highest BCUT2D eigenvalue weighted by atomic mass is 32.1. The van der Waals surface area contributed by atoms with Crippen molar-refractivity contribution in [1.82, 2.24) is 9.97 Å². The number of nitrogens with one attached hydrogen (secondary N) is 1. The second kappa shape index (κ2) is 5.31. The second-order valence-electron chi connectivity index (χ2n) is 5.65. The van der Waals surface area contributed by atoms with Gasteiger partial charge in [0.25, 0.3) is 0 Å². The molecule has 0 spiro atoms. The van der Waals surface area contributed by atoms with E-state index in [-0.39, 0.29) is 17.1 Å². The molecule has 0 saturated carbocycles. The van der Waals surface area contributed by atoms with Crippen LogP contribution in [0.1, 0.15) is 33.3 Å². The maximum atomic E-state index is 12.7. The summed E-state index contributed by atoms with van der Waals surface area (Å²) in [5.41, 5.74) is 3.30. The lowest BCUT2D eigenvalue weighted by Gasteiger charge is -2.22. The van der Waals surface area contributed by atoms with Crippen molar-refractivity contribution in [2.45, 2.75) is 18.8 Å². The van der Waals surface area contributed by atoms with Gasteiger partial charge in [0, 0.05) is 40.6 Å². The van der Waals surface area contributed by atoms with Gasteiger partial charge in [-0.2, -0.15) is 0 Å². The van der Waals surface area contributed by atoms with Crippen molar-refractivity contribution < 1.29 is 9.53 Å². The molecule has 1 aliphatic carbocycles. The minimum Gasteiger partial charge on any atom is -0.497 e. The Hall–Kier alpha value is -2.47. The number of hydrogen-bond acceptors (Lipinski definition) is 5. The number of thiazole rings is 1. The van der Waals surface area contributed by atoms with Gasteiger partial charge in [0.15, 0.2) is 11.2 Å². The highest BCUT2D eigenvalue weighted by molar-refractivity contribution is 7.09. The van der Waals surface area contributed by atoms with Crippen molar-refractivity contribution in [3.05, 3.63) is 56.3 Å². The standard InChI is InChI=1S/C17H14N2O3S/c1-22-10-2-3-11-12(6-10)19-13-4-9(15-7-18-8-23-15)5-14(20)16(13)17(11)21/h2-3,6-9H,4-5H2,1H3,(H,19,21). The van der Waals surface area contributed by atoms with Crippen LogP contribution < -0.4 is 10.2 Å². The number of benzene rings is 1. The highest BCUT2D eigenvalue weighted by Crippen LogP contribution is 2.33. The first-order valence-electron chi connectivity index (χ1n) is 7.32. The first kappa shape index (κ1) is 14.1. The van der Waals surface area contributed by atoms with Crippen molar-refractivity contribution in [1.29, 1.82) is 0 Å². The van der Waals surface area contributed by atoms with Gasteiger partial charge < -0.3 is 9.72 Å². The van der Waals surface area contributed by atoms with E-state index in [1.807, 2.05) is 0 Å². The Morgan fingerprint density at radius 2 is 2.17 bits per heavy atom. The van der Waals surface area contributed by atoms with Crippen molar-refractivity contribution in [3.63, 3.8) is 0 Å². The summed E-state index contributed by atoms with van der Waals surface area (Å²) in [5, 5.41) is 0.522. The lowest BCUT2D eigenvalue weighted by molar-refractivity contribution is 0.0963. The molecule has 1 atom stereocenters. The zero-order valence-corrected chi connectivity index (χ0v) is 13.3. The first-order valence-corrected chi connectivity index (χ1v) is 8.20. The fraction of sp³-hybridized carbons (Fsp3) is 0.235. The van der Waals surface area contributed by atoms with E-state index in [4.69, 9.17) is 4.74 Å². The smallest absolute Gasteiger partial charge is 0.200 e. The minimum absolute atomic E-state index is 0.0845. The molecule has 23 heavy (non-hydrogen) atoms. The van der Waals surface area contributed by atoms with E-state index in [0.717, 1.165) is 4.88 Å². The predicted molar refractivity (Wildman–Crippen MR) is 88.6 cm³/mol. The van der Waals surface area contributed by atoms with Gasteiger partial charge >= 0.3 is 0 Å².